The van der Waals surface area contributed by atoms with E-state index in [-0.39, 0.29) is 17.9 Å². The van der Waals surface area contributed by atoms with Crippen LogP contribution in [0.2, 0.25) is 10.0 Å². The molecule has 4 heterocycles. The van der Waals surface area contributed by atoms with Gasteiger partial charge in [-0.1, -0.05) is 47.5 Å². The lowest BCUT2D eigenvalue weighted by atomic mass is 9.95. The summed E-state index contributed by atoms with van der Waals surface area (Å²) in [6.07, 6.45) is 4.28. The van der Waals surface area contributed by atoms with Crippen molar-refractivity contribution in [3.8, 4) is 5.82 Å². The van der Waals surface area contributed by atoms with Crippen molar-refractivity contribution in [2.75, 3.05) is 31.2 Å². The van der Waals surface area contributed by atoms with Crippen molar-refractivity contribution in [2.24, 2.45) is 5.92 Å². The molecule has 0 bridgehead atoms. The van der Waals surface area contributed by atoms with Crippen molar-refractivity contribution in [1.29, 1.82) is 0 Å². The molecular weight excluding hydrogens is 485 g/mol. The van der Waals surface area contributed by atoms with Crippen molar-refractivity contribution >= 4 is 56.9 Å². The number of carbonyl (C=O) groups excluding carboxylic acids is 1. The lowest BCUT2D eigenvalue weighted by molar-refractivity contribution is -0.126. The minimum atomic E-state index is -0.00707. The summed E-state index contributed by atoms with van der Waals surface area (Å²) >= 11 is 12.7. The predicted molar refractivity (Wildman–Crippen MR) is 139 cm³/mol. The molecule has 2 fully saturated rings. The molecule has 2 aliphatic heterocycles. The van der Waals surface area contributed by atoms with E-state index < -0.39 is 0 Å². The molecule has 0 unspecified atom stereocenters. The van der Waals surface area contributed by atoms with Gasteiger partial charge in [0.15, 0.2) is 0 Å². The van der Waals surface area contributed by atoms with E-state index in [1.54, 1.807) is 6.07 Å². The molecule has 2 aliphatic rings. The Balaban J connectivity index is 1.33. The first-order valence-electron chi connectivity index (χ1n) is 11.9. The van der Waals surface area contributed by atoms with Crippen LogP contribution in [0.4, 0.5) is 5.95 Å². The van der Waals surface area contributed by atoms with E-state index in [0.717, 1.165) is 72.5 Å². The lowest BCUT2D eigenvalue weighted by Crippen LogP contribution is -2.44. The lowest BCUT2D eigenvalue weighted by Gasteiger charge is -2.32. The van der Waals surface area contributed by atoms with Crippen LogP contribution >= 0.6 is 23.2 Å². The fraction of sp³-hybridized carbons (Fsp3) is 0.346. The monoisotopic (exact) mass is 509 g/mol. The minimum Gasteiger partial charge on any atom is -0.379 e. The molecule has 6 rings (SSSR count). The zero-order chi connectivity index (χ0) is 23.9. The van der Waals surface area contributed by atoms with Gasteiger partial charge in [-0.2, -0.15) is 0 Å². The third-order valence-corrected chi connectivity index (χ3v) is 7.67. The molecule has 35 heavy (non-hydrogen) atoms. The first kappa shape index (κ1) is 22.6. The summed E-state index contributed by atoms with van der Waals surface area (Å²) < 4.78 is 7.43. The summed E-state index contributed by atoms with van der Waals surface area (Å²) in [5.74, 6) is 1.67. The topological polar surface area (TPSA) is 72.3 Å². The molecule has 2 aromatic carbocycles. The van der Waals surface area contributed by atoms with Crippen LogP contribution in [0.15, 0.2) is 48.7 Å². The number of ether oxygens (including phenoxy) is 1. The summed E-state index contributed by atoms with van der Waals surface area (Å²) in [5, 5.41) is 6.25. The Kier molecular flexibility index (Phi) is 6.00. The van der Waals surface area contributed by atoms with Crippen LogP contribution < -0.4 is 10.2 Å². The fourth-order valence-electron chi connectivity index (χ4n) is 5.00. The molecule has 0 spiro atoms. The van der Waals surface area contributed by atoms with Crippen LogP contribution in [0.25, 0.3) is 27.6 Å². The predicted octanol–water partition coefficient (Wildman–Crippen LogP) is 5.00. The van der Waals surface area contributed by atoms with Crippen molar-refractivity contribution in [3.63, 3.8) is 0 Å². The third kappa shape index (κ3) is 4.33. The number of rotatable bonds is 4. The standard InChI is InChI=1S/C26H25Cl2N5O2/c27-20-12-22-23(13-21(20)28)33(24-11-17-3-1-2-4-18(17)14-29-24)26(31-22)32-8-5-16(6-9-32)25(34)30-19-7-10-35-15-19/h1-4,11-14,16,19H,5-10,15H2,(H,30,34)/t19-/m1/s1. The molecule has 7 nitrogen and oxygen atoms in total. The van der Waals surface area contributed by atoms with Gasteiger partial charge in [0.05, 0.1) is 33.7 Å². The highest BCUT2D eigenvalue weighted by molar-refractivity contribution is 6.42. The molecule has 9 heteroatoms. The van der Waals surface area contributed by atoms with E-state index in [9.17, 15) is 4.79 Å². The number of hydrogen-bond donors (Lipinski definition) is 1. The van der Waals surface area contributed by atoms with Crippen molar-refractivity contribution < 1.29 is 9.53 Å². The van der Waals surface area contributed by atoms with E-state index in [1.165, 1.54) is 0 Å². The minimum absolute atomic E-state index is 0.00707. The second kappa shape index (κ2) is 9.30. The number of pyridine rings is 1. The number of aromatic nitrogens is 3. The zero-order valence-corrected chi connectivity index (χ0v) is 20.6. The SMILES string of the molecule is O=C(N[C@@H]1CCOC1)C1CCN(c2nc3cc(Cl)c(Cl)cc3n2-c2cc3ccccc3cn2)CC1. The third-order valence-electron chi connectivity index (χ3n) is 6.95. The number of halogens is 2. The zero-order valence-electron chi connectivity index (χ0n) is 19.1. The molecule has 0 aliphatic carbocycles. The highest BCUT2D eigenvalue weighted by Crippen LogP contribution is 2.34. The highest BCUT2D eigenvalue weighted by atomic mass is 35.5. The van der Waals surface area contributed by atoms with Crippen LogP contribution in [0, 0.1) is 5.92 Å². The van der Waals surface area contributed by atoms with Gasteiger partial charge in [0.1, 0.15) is 5.82 Å². The van der Waals surface area contributed by atoms with Gasteiger partial charge in [-0.15, -0.1) is 0 Å². The number of hydrogen-bond acceptors (Lipinski definition) is 5. The molecule has 0 saturated carbocycles. The number of fused-ring (bicyclic) bond motifs is 2. The van der Waals surface area contributed by atoms with Gasteiger partial charge < -0.3 is 15.0 Å². The molecule has 0 radical (unpaired) electrons. The second-order valence-electron chi connectivity index (χ2n) is 9.22. The van der Waals surface area contributed by atoms with E-state index in [0.29, 0.717) is 16.7 Å². The Labute approximate surface area is 213 Å². The molecule has 180 valence electrons. The smallest absolute Gasteiger partial charge is 0.223 e. The summed E-state index contributed by atoms with van der Waals surface area (Å²) in [6, 6.07) is 14.0. The van der Waals surface area contributed by atoms with Crippen LogP contribution in [0.3, 0.4) is 0 Å². The Hall–Kier alpha value is -2.87. The number of anilines is 1. The van der Waals surface area contributed by atoms with E-state index >= 15 is 0 Å². The van der Waals surface area contributed by atoms with Crippen LogP contribution in [0.1, 0.15) is 19.3 Å². The van der Waals surface area contributed by atoms with Crippen LogP contribution in [0.5, 0.6) is 0 Å². The van der Waals surface area contributed by atoms with Crippen molar-refractivity contribution in [2.45, 2.75) is 25.3 Å². The molecule has 1 amide bonds. The Morgan fingerprint density at radius 3 is 2.57 bits per heavy atom. The number of imidazole rings is 1. The first-order chi connectivity index (χ1) is 17.1. The second-order valence-corrected chi connectivity index (χ2v) is 10.0. The Morgan fingerprint density at radius 2 is 1.80 bits per heavy atom. The molecular formula is C26H25Cl2N5O2. The number of nitrogens with zero attached hydrogens (tertiary/aromatic N) is 4. The van der Waals surface area contributed by atoms with Crippen LogP contribution in [-0.2, 0) is 9.53 Å². The molecule has 1 N–H and O–H groups in total. The average molecular weight is 510 g/mol. The van der Waals surface area contributed by atoms with E-state index in [2.05, 4.69) is 22.3 Å². The summed E-state index contributed by atoms with van der Waals surface area (Å²) in [5.41, 5.74) is 1.60. The van der Waals surface area contributed by atoms with E-state index in [1.807, 2.05) is 35.0 Å². The van der Waals surface area contributed by atoms with Gasteiger partial charge in [0.25, 0.3) is 0 Å². The summed E-state index contributed by atoms with van der Waals surface area (Å²) in [6.45, 7) is 2.77. The van der Waals surface area contributed by atoms with Gasteiger partial charge in [0.2, 0.25) is 11.9 Å². The maximum atomic E-state index is 12.8. The number of carbonyl (C=O) groups is 1. The molecule has 1 atom stereocenters. The van der Waals surface area contributed by atoms with Crippen molar-refractivity contribution in [1.82, 2.24) is 19.9 Å². The molecule has 2 aromatic heterocycles. The Bertz CT molecular complexity index is 1410. The first-order valence-corrected chi connectivity index (χ1v) is 12.7. The molecule has 2 saturated heterocycles. The van der Waals surface area contributed by atoms with Crippen molar-refractivity contribution in [3.05, 3.63) is 58.7 Å². The highest BCUT2D eigenvalue weighted by Gasteiger charge is 2.30. The van der Waals surface area contributed by atoms with E-state index in [4.69, 9.17) is 37.9 Å². The van der Waals surface area contributed by atoms with Gasteiger partial charge in [-0.3, -0.25) is 9.36 Å². The quantitative estimate of drug-likeness (QED) is 0.418. The van der Waals surface area contributed by atoms with Gasteiger partial charge in [-0.25, -0.2) is 9.97 Å². The summed E-state index contributed by atoms with van der Waals surface area (Å²) in [7, 11) is 0. The fourth-order valence-corrected chi connectivity index (χ4v) is 5.32. The normalized spacial score (nSPS) is 19.0. The van der Waals surface area contributed by atoms with Crippen LogP contribution in [-0.4, -0.2) is 52.8 Å². The average Bonchev–Trinajstić information content (AvgIpc) is 3.52. The maximum absolute atomic E-state index is 12.8. The number of nitrogens with one attached hydrogen (secondary N) is 1. The Morgan fingerprint density at radius 1 is 1.03 bits per heavy atom. The van der Waals surface area contributed by atoms with Gasteiger partial charge in [-0.05, 0) is 42.8 Å². The number of benzene rings is 2. The summed E-state index contributed by atoms with van der Waals surface area (Å²) in [4.78, 5) is 24.7. The van der Waals surface area contributed by atoms with Gasteiger partial charge in [0, 0.05) is 37.2 Å². The molecule has 4 aromatic rings. The van der Waals surface area contributed by atoms with Gasteiger partial charge >= 0.3 is 0 Å². The largest absolute Gasteiger partial charge is 0.379 e. The maximum Gasteiger partial charge on any atom is 0.223 e. The number of piperidine rings is 1. The number of amides is 1.